The number of pyridine rings is 2. The van der Waals surface area contributed by atoms with Crippen LogP contribution in [0.3, 0.4) is 0 Å². The van der Waals surface area contributed by atoms with E-state index in [1.165, 1.54) is 0 Å². The van der Waals surface area contributed by atoms with Crippen LogP contribution in [-0.2, 0) is 5.54 Å². The van der Waals surface area contributed by atoms with Crippen molar-refractivity contribution in [1.82, 2.24) is 9.55 Å². The van der Waals surface area contributed by atoms with Gasteiger partial charge in [-0.3, -0.25) is 14.3 Å². The summed E-state index contributed by atoms with van der Waals surface area (Å²) in [6, 6.07) is 26.2. The molecule has 5 rings (SSSR count). The second-order valence-corrected chi connectivity index (χ2v) is 7.65. The molecule has 1 aliphatic rings. The summed E-state index contributed by atoms with van der Waals surface area (Å²) < 4.78 is 1.93. The van der Waals surface area contributed by atoms with Crippen LogP contribution < -0.4 is 5.56 Å². The summed E-state index contributed by atoms with van der Waals surface area (Å²) in [5, 5.41) is 1.71. The van der Waals surface area contributed by atoms with E-state index in [0.717, 1.165) is 38.9 Å². The molecule has 4 aromatic rings. The summed E-state index contributed by atoms with van der Waals surface area (Å²) in [4.78, 5) is 18.1. The molecule has 0 radical (unpaired) electrons. The zero-order valence-electron chi connectivity index (χ0n) is 15.9. The maximum Gasteiger partial charge on any atom is 0.259 e. The first-order chi connectivity index (χ1) is 13.6. The number of fused-ring (bicyclic) bond motifs is 2. The maximum absolute atomic E-state index is 13.5. The van der Waals surface area contributed by atoms with Gasteiger partial charge in [-0.05, 0) is 49.1 Å². The molecule has 28 heavy (non-hydrogen) atoms. The highest BCUT2D eigenvalue weighted by Gasteiger charge is 2.40. The average molecular weight is 364 g/mol. The molecule has 0 N–H and O–H groups in total. The Labute approximate surface area is 163 Å². The lowest BCUT2D eigenvalue weighted by Crippen LogP contribution is -2.35. The Hall–Kier alpha value is -3.46. The van der Waals surface area contributed by atoms with Crippen LogP contribution >= 0.6 is 0 Å². The molecule has 3 nitrogen and oxygen atoms in total. The van der Waals surface area contributed by atoms with Gasteiger partial charge >= 0.3 is 0 Å². The number of benzene rings is 2. The van der Waals surface area contributed by atoms with Gasteiger partial charge in [0.25, 0.3) is 5.56 Å². The summed E-state index contributed by atoms with van der Waals surface area (Å²) in [5.74, 6) is 0. The number of allylic oxidation sites excluding steroid dienone is 1. The van der Waals surface area contributed by atoms with E-state index < -0.39 is 5.54 Å². The first kappa shape index (κ1) is 16.7. The lowest BCUT2D eigenvalue weighted by Gasteiger charge is -2.26. The summed E-state index contributed by atoms with van der Waals surface area (Å²) in [6.45, 7) is 4.21. The van der Waals surface area contributed by atoms with Gasteiger partial charge in [0.15, 0.2) is 0 Å². The molecule has 0 spiro atoms. The van der Waals surface area contributed by atoms with Gasteiger partial charge in [0.05, 0.1) is 16.9 Å². The minimum Gasteiger partial charge on any atom is -0.298 e. The van der Waals surface area contributed by atoms with Crippen molar-refractivity contribution in [2.45, 2.75) is 19.4 Å². The van der Waals surface area contributed by atoms with E-state index in [-0.39, 0.29) is 5.56 Å². The SMILES string of the molecule is CC1(C)C(c2ccccn2)=C(c2ccccc2)c2cc3ccccc3c(=O)n21. The second-order valence-electron chi connectivity index (χ2n) is 7.65. The molecule has 0 unspecified atom stereocenters. The Balaban J connectivity index is 1.95. The lowest BCUT2D eigenvalue weighted by atomic mass is 9.87. The highest BCUT2D eigenvalue weighted by atomic mass is 16.1. The Kier molecular flexibility index (Phi) is 3.59. The zero-order chi connectivity index (χ0) is 19.3. The molecular weight excluding hydrogens is 344 g/mol. The molecule has 0 bridgehead atoms. The highest BCUT2D eigenvalue weighted by molar-refractivity contribution is 6.04. The topological polar surface area (TPSA) is 34.9 Å². The van der Waals surface area contributed by atoms with Gasteiger partial charge in [-0.2, -0.15) is 0 Å². The monoisotopic (exact) mass is 364 g/mol. The standard InChI is InChI=1S/C25H20N2O/c1-25(2)23(20-14-8-9-15-26-20)22(17-10-4-3-5-11-17)21-16-18-12-6-7-13-19(18)24(28)27(21)25/h3-16H,1-2H3. The molecule has 0 fully saturated rings. The Morgan fingerprint density at radius 3 is 2.32 bits per heavy atom. The molecule has 0 aliphatic carbocycles. The molecule has 2 aromatic heterocycles. The van der Waals surface area contributed by atoms with Gasteiger partial charge in [0.1, 0.15) is 0 Å². The van der Waals surface area contributed by atoms with Crippen molar-refractivity contribution in [2.24, 2.45) is 0 Å². The Morgan fingerprint density at radius 2 is 1.57 bits per heavy atom. The van der Waals surface area contributed by atoms with Crippen molar-refractivity contribution in [2.75, 3.05) is 0 Å². The van der Waals surface area contributed by atoms with E-state index in [4.69, 9.17) is 0 Å². The van der Waals surface area contributed by atoms with Crippen molar-refractivity contribution >= 4 is 21.9 Å². The fourth-order valence-corrected chi connectivity index (χ4v) is 4.39. The zero-order valence-corrected chi connectivity index (χ0v) is 15.9. The molecule has 1 aliphatic heterocycles. The maximum atomic E-state index is 13.5. The second kappa shape index (κ2) is 6.03. The molecule has 136 valence electrons. The molecule has 0 saturated carbocycles. The van der Waals surface area contributed by atoms with Gasteiger partial charge in [-0.1, -0.05) is 54.6 Å². The molecule has 3 heterocycles. The van der Waals surface area contributed by atoms with Gasteiger partial charge in [0.2, 0.25) is 0 Å². The quantitative estimate of drug-likeness (QED) is 0.496. The molecule has 3 heteroatoms. The van der Waals surface area contributed by atoms with Gasteiger partial charge < -0.3 is 0 Å². The largest absolute Gasteiger partial charge is 0.298 e. The van der Waals surface area contributed by atoms with Gasteiger partial charge in [-0.25, -0.2) is 0 Å². The van der Waals surface area contributed by atoms with Crippen molar-refractivity contribution in [3.63, 3.8) is 0 Å². The van der Waals surface area contributed by atoms with Crippen molar-refractivity contribution in [3.05, 3.63) is 112 Å². The van der Waals surface area contributed by atoms with Crippen LogP contribution in [0.2, 0.25) is 0 Å². The van der Waals surface area contributed by atoms with Crippen LogP contribution in [0.4, 0.5) is 0 Å². The van der Waals surface area contributed by atoms with Crippen molar-refractivity contribution in [3.8, 4) is 0 Å². The Bertz CT molecular complexity index is 1280. The van der Waals surface area contributed by atoms with Gasteiger partial charge in [-0.15, -0.1) is 0 Å². The first-order valence-electron chi connectivity index (χ1n) is 9.46. The highest BCUT2D eigenvalue weighted by Crippen LogP contribution is 2.47. The van der Waals surface area contributed by atoms with Crippen LogP contribution in [0.15, 0.2) is 89.9 Å². The molecule has 0 atom stereocenters. The van der Waals surface area contributed by atoms with Crippen molar-refractivity contribution < 1.29 is 0 Å². The number of hydrogen-bond acceptors (Lipinski definition) is 2. The van der Waals surface area contributed by atoms with Crippen LogP contribution in [-0.4, -0.2) is 9.55 Å². The Morgan fingerprint density at radius 1 is 0.857 bits per heavy atom. The average Bonchev–Trinajstić information content (AvgIpc) is 2.96. The third kappa shape index (κ3) is 2.29. The van der Waals surface area contributed by atoms with Crippen LogP contribution in [0, 0.1) is 0 Å². The van der Waals surface area contributed by atoms with Gasteiger partial charge in [0, 0.05) is 22.7 Å². The molecular formula is C25H20N2O. The van der Waals surface area contributed by atoms with E-state index in [0.29, 0.717) is 0 Å². The minimum absolute atomic E-state index is 0.0393. The number of rotatable bonds is 2. The summed E-state index contributed by atoms with van der Waals surface area (Å²) in [7, 11) is 0. The van der Waals surface area contributed by atoms with Crippen LogP contribution in [0.1, 0.15) is 30.8 Å². The molecule has 2 aromatic carbocycles. The van der Waals surface area contributed by atoms with E-state index >= 15 is 0 Å². The van der Waals surface area contributed by atoms with Crippen LogP contribution in [0.25, 0.3) is 21.9 Å². The number of hydrogen-bond donors (Lipinski definition) is 0. The summed E-state index contributed by atoms with van der Waals surface area (Å²) >= 11 is 0. The fourth-order valence-electron chi connectivity index (χ4n) is 4.39. The summed E-state index contributed by atoms with van der Waals surface area (Å²) in [6.07, 6.45) is 1.81. The van der Waals surface area contributed by atoms with E-state index in [1.807, 2.05) is 71.4 Å². The number of aromatic nitrogens is 2. The predicted molar refractivity (Wildman–Crippen MR) is 114 cm³/mol. The van der Waals surface area contributed by atoms with E-state index in [1.54, 1.807) is 0 Å². The minimum atomic E-state index is -0.518. The molecule has 0 saturated heterocycles. The normalized spacial score (nSPS) is 15.1. The predicted octanol–water partition coefficient (Wildman–Crippen LogP) is 5.10. The fraction of sp³-hybridized carbons (Fsp3) is 0.120. The summed E-state index contributed by atoms with van der Waals surface area (Å²) in [5.41, 5.74) is 4.61. The lowest BCUT2D eigenvalue weighted by molar-refractivity contribution is 0.469. The van der Waals surface area contributed by atoms with E-state index in [2.05, 4.69) is 37.0 Å². The third-order valence-electron chi connectivity index (χ3n) is 5.59. The van der Waals surface area contributed by atoms with Crippen molar-refractivity contribution in [1.29, 1.82) is 0 Å². The smallest absolute Gasteiger partial charge is 0.259 e. The number of nitrogens with zero attached hydrogens (tertiary/aromatic N) is 2. The third-order valence-corrected chi connectivity index (χ3v) is 5.59. The van der Waals surface area contributed by atoms with Crippen LogP contribution in [0.5, 0.6) is 0 Å². The molecule has 0 amide bonds. The first-order valence-corrected chi connectivity index (χ1v) is 9.46. The van der Waals surface area contributed by atoms with E-state index in [9.17, 15) is 4.79 Å².